The summed E-state index contributed by atoms with van der Waals surface area (Å²) < 4.78 is 1.10. The van der Waals surface area contributed by atoms with Crippen LogP contribution in [0.4, 0.5) is 5.69 Å². The van der Waals surface area contributed by atoms with E-state index in [-0.39, 0.29) is 5.91 Å². The summed E-state index contributed by atoms with van der Waals surface area (Å²) in [5, 5.41) is 0. The van der Waals surface area contributed by atoms with Crippen LogP contribution >= 0.6 is 15.9 Å². The molecule has 1 aliphatic rings. The van der Waals surface area contributed by atoms with E-state index < -0.39 is 0 Å². The fourth-order valence-electron chi connectivity index (χ4n) is 2.05. The predicted molar refractivity (Wildman–Crippen MR) is 65.3 cm³/mol. The molecule has 0 aliphatic carbocycles. The van der Waals surface area contributed by atoms with Gasteiger partial charge in [-0.05, 0) is 43.5 Å². The Morgan fingerprint density at radius 2 is 2.13 bits per heavy atom. The molecule has 0 saturated heterocycles. The number of hydrogen-bond donors (Lipinski definition) is 0. The summed E-state index contributed by atoms with van der Waals surface area (Å²) in [6, 6.07) is 2.11. The molecule has 1 aromatic rings. The standard InChI is InChI=1S/C12H14BrNO/c1-4-14-10-5-7(2)8(3)12(13)9(10)6-11(14)15/h5H,4,6H2,1-3H3. The first-order valence-electron chi connectivity index (χ1n) is 5.15. The maximum absolute atomic E-state index is 11.7. The molecule has 0 radical (unpaired) electrons. The van der Waals surface area contributed by atoms with Gasteiger partial charge in [-0.3, -0.25) is 4.79 Å². The molecule has 0 atom stereocenters. The highest BCUT2D eigenvalue weighted by atomic mass is 79.9. The van der Waals surface area contributed by atoms with Crippen molar-refractivity contribution in [3.63, 3.8) is 0 Å². The Balaban J connectivity index is 2.64. The lowest BCUT2D eigenvalue weighted by Crippen LogP contribution is -2.25. The summed E-state index contributed by atoms with van der Waals surface area (Å²) >= 11 is 3.59. The number of likely N-dealkylation sites (N-methyl/N-ethyl adjacent to an activating group) is 1. The number of nitrogens with zero attached hydrogens (tertiary/aromatic N) is 1. The Morgan fingerprint density at radius 3 is 2.73 bits per heavy atom. The molecule has 2 rings (SSSR count). The largest absolute Gasteiger partial charge is 0.312 e. The van der Waals surface area contributed by atoms with Gasteiger partial charge in [0.05, 0.1) is 6.42 Å². The number of amides is 1. The minimum absolute atomic E-state index is 0.207. The number of carbonyl (C=O) groups excluding carboxylic acids is 1. The number of fused-ring (bicyclic) bond motifs is 1. The third-order valence-corrected chi connectivity index (χ3v) is 4.16. The minimum Gasteiger partial charge on any atom is -0.312 e. The Kier molecular flexibility index (Phi) is 2.59. The normalized spacial score (nSPS) is 14.7. The van der Waals surface area contributed by atoms with Gasteiger partial charge in [0.15, 0.2) is 0 Å². The van der Waals surface area contributed by atoms with Crippen molar-refractivity contribution in [2.24, 2.45) is 0 Å². The fraction of sp³-hybridized carbons (Fsp3) is 0.417. The maximum atomic E-state index is 11.7. The molecule has 0 spiro atoms. The Bertz CT molecular complexity index is 440. The molecular formula is C12H14BrNO. The molecule has 1 amide bonds. The van der Waals surface area contributed by atoms with E-state index in [1.165, 1.54) is 11.1 Å². The first kappa shape index (κ1) is 10.7. The molecule has 80 valence electrons. The SMILES string of the molecule is CCN1C(=O)Cc2c1cc(C)c(C)c2Br. The summed E-state index contributed by atoms with van der Waals surface area (Å²) in [5.74, 6) is 0.207. The van der Waals surface area contributed by atoms with Crippen LogP contribution in [0, 0.1) is 13.8 Å². The first-order valence-corrected chi connectivity index (χ1v) is 5.94. The zero-order valence-corrected chi connectivity index (χ0v) is 10.8. The Morgan fingerprint density at radius 1 is 1.47 bits per heavy atom. The summed E-state index contributed by atoms with van der Waals surface area (Å²) in [4.78, 5) is 13.6. The highest BCUT2D eigenvalue weighted by Crippen LogP contribution is 2.37. The van der Waals surface area contributed by atoms with Crippen molar-refractivity contribution in [2.45, 2.75) is 27.2 Å². The third kappa shape index (κ3) is 1.49. The number of aryl methyl sites for hydroxylation is 1. The van der Waals surface area contributed by atoms with Crippen molar-refractivity contribution in [3.8, 4) is 0 Å². The zero-order chi connectivity index (χ0) is 11.2. The lowest BCUT2D eigenvalue weighted by atomic mass is 10.0. The highest BCUT2D eigenvalue weighted by Gasteiger charge is 2.28. The molecule has 0 aromatic heterocycles. The van der Waals surface area contributed by atoms with E-state index in [4.69, 9.17) is 0 Å². The van der Waals surface area contributed by atoms with Crippen LogP contribution in [-0.4, -0.2) is 12.5 Å². The minimum atomic E-state index is 0.207. The number of carbonyl (C=O) groups is 1. The van der Waals surface area contributed by atoms with Crippen LogP contribution in [0.1, 0.15) is 23.6 Å². The van der Waals surface area contributed by atoms with E-state index in [0.29, 0.717) is 6.42 Å². The molecule has 1 aromatic carbocycles. The van der Waals surface area contributed by atoms with Gasteiger partial charge in [-0.2, -0.15) is 0 Å². The predicted octanol–water partition coefficient (Wildman–Crippen LogP) is 2.97. The second kappa shape index (κ2) is 3.63. The number of benzene rings is 1. The lowest BCUT2D eigenvalue weighted by Gasteiger charge is -2.16. The van der Waals surface area contributed by atoms with Gasteiger partial charge in [0.2, 0.25) is 5.91 Å². The molecule has 0 saturated carbocycles. The van der Waals surface area contributed by atoms with E-state index in [9.17, 15) is 4.79 Å². The fourth-order valence-corrected chi connectivity index (χ4v) is 2.71. The van der Waals surface area contributed by atoms with Crippen molar-refractivity contribution in [2.75, 3.05) is 11.4 Å². The number of rotatable bonds is 1. The van der Waals surface area contributed by atoms with Crippen LogP contribution in [-0.2, 0) is 11.2 Å². The second-order valence-electron chi connectivity index (χ2n) is 3.94. The molecule has 0 unspecified atom stereocenters. The molecule has 2 nitrogen and oxygen atoms in total. The third-order valence-electron chi connectivity index (χ3n) is 3.08. The van der Waals surface area contributed by atoms with Gasteiger partial charge in [-0.25, -0.2) is 0 Å². The molecule has 0 N–H and O–H groups in total. The van der Waals surface area contributed by atoms with Crippen LogP contribution in [0.2, 0.25) is 0 Å². The van der Waals surface area contributed by atoms with Gasteiger partial charge in [-0.1, -0.05) is 15.9 Å². The van der Waals surface area contributed by atoms with Crippen LogP contribution in [0.5, 0.6) is 0 Å². The first-order chi connectivity index (χ1) is 7.06. The monoisotopic (exact) mass is 267 g/mol. The smallest absolute Gasteiger partial charge is 0.231 e. The van der Waals surface area contributed by atoms with Crippen LogP contribution in [0.3, 0.4) is 0 Å². The molecule has 1 heterocycles. The van der Waals surface area contributed by atoms with Crippen LogP contribution in [0.15, 0.2) is 10.5 Å². The molecule has 0 fully saturated rings. The van der Waals surface area contributed by atoms with Gasteiger partial charge >= 0.3 is 0 Å². The second-order valence-corrected chi connectivity index (χ2v) is 4.74. The van der Waals surface area contributed by atoms with Crippen molar-refractivity contribution < 1.29 is 4.79 Å². The van der Waals surface area contributed by atoms with Gasteiger partial charge in [0.25, 0.3) is 0 Å². The average molecular weight is 268 g/mol. The van der Waals surface area contributed by atoms with Crippen molar-refractivity contribution in [1.82, 2.24) is 0 Å². The lowest BCUT2D eigenvalue weighted by molar-refractivity contribution is -0.117. The van der Waals surface area contributed by atoms with Gasteiger partial charge < -0.3 is 4.90 Å². The number of anilines is 1. The summed E-state index contributed by atoms with van der Waals surface area (Å²) in [6.45, 7) is 6.92. The van der Waals surface area contributed by atoms with E-state index in [0.717, 1.165) is 22.3 Å². The Labute approximate surface area is 98.4 Å². The summed E-state index contributed by atoms with van der Waals surface area (Å²) in [7, 11) is 0. The van der Waals surface area contributed by atoms with Gasteiger partial charge in [0, 0.05) is 16.7 Å². The van der Waals surface area contributed by atoms with Crippen LogP contribution in [0.25, 0.3) is 0 Å². The molecular weight excluding hydrogens is 254 g/mol. The highest BCUT2D eigenvalue weighted by molar-refractivity contribution is 9.10. The molecule has 15 heavy (non-hydrogen) atoms. The zero-order valence-electron chi connectivity index (χ0n) is 9.22. The topological polar surface area (TPSA) is 20.3 Å². The average Bonchev–Trinajstić information content (AvgIpc) is 2.51. The summed E-state index contributed by atoms with van der Waals surface area (Å²) in [5.41, 5.74) is 4.69. The Hall–Kier alpha value is -0.830. The molecule has 0 bridgehead atoms. The van der Waals surface area contributed by atoms with E-state index in [1.54, 1.807) is 0 Å². The number of halogens is 1. The summed E-state index contributed by atoms with van der Waals surface area (Å²) in [6.07, 6.45) is 0.533. The van der Waals surface area contributed by atoms with Gasteiger partial charge in [0.1, 0.15) is 0 Å². The maximum Gasteiger partial charge on any atom is 0.231 e. The number of hydrogen-bond acceptors (Lipinski definition) is 1. The van der Waals surface area contributed by atoms with E-state index in [1.807, 2.05) is 11.8 Å². The van der Waals surface area contributed by atoms with Crippen LogP contribution < -0.4 is 4.90 Å². The molecule has 1 aliphatic heterocycles. The van der Waals surface area contributed by atoms with E-state index >= 15 is 0 Å². The molecule has 3 heteroatoms. The van der Waals surface area contributed by atoms with Crippen molar-refractivity contribution in [1.29, 1.82) is 0 Å². The van der Waals surface area contributed by atoms with Crippen molar-refractivity contribution in [3.05, 3.63) is 27.2 Å². The van der Waals surface area contributed by atoms with Gasteiger partial charge in [-0.15, -0.1) is 0 Å². The van der Waals surface area contributed by atoms with Crippen molar-refractivity contribution >= 4 is 27.5 Å². The quantitative estimate of drug-likeness (QED) is 0.766. The van der Waals surface area contributed by atoms with E-state index in [2.05, 4.69) is 35.8 Å².